The summed E-state index contributed by atoms with van der Waals surface area (Å²) in [6.45, 7) is 4.83. The fourth-order valence-electron chi connectivity index (χ4n) is 4.09. The molecule has 0 radical (unpaired) electrons. The van der Waals surface area contributed by atoms with E-state index in [-0.39, 0.29) is 23.1 Å². The number of guanidine groups is 1. The first-order valence-electron chi connectivity index (χ1n) is 10.7. The van der Waals surface area contributed by atoms with E-state index in [1.54, 1.807) is 3.11 Å². The number of nitrogens with zero attached hydrogens (tertiary/aromatic N) is 2. The number of amides is 1. The third-order valence-corrected chi connectivity index (χ3v) is 7.70. The number of rotatable bonds is 10. The molecule has 1 atom stereocenters. The first kappa shape index (κ1) is 26.0. The van der Waals surface area contributed by atoms with Crippen molar-refractivity contribution in [3.05, 3.63) is 12.2 Å². The van der Waals surface area contributed by atoms with Crippen LogP contribution in [0.2, 0.25) is 5.31 Å². The van der Waals surface area contributed by atoms with Crippen LogP contribution < -0.4 is 5.73 Å². The van der Waals surface area contributed by atoms with E-state index in [2.05, 4.69) is 64.8 Å². The van der Waals surface area contributed by atoms with Crippen LogP contribution in [0, 0.1) is 11.3 Å². The number of carbonyl (C=O) groups excluding carboxylic acids is 1. The van der Waals surface area contributed by atoms with Crippen LogP contribution in [0.15, 0.2) is 12.2 Å². The van der Waals surface area contributed by atoms with E-state index in [4.69, 9.17) is 11.1 Å². The Labute approximate surface area is 200 Å². The molecule has 1 rings (SSSR count). The third-order valence-electron chi connectivity index (χ3n) is 5.88. The largest absolute Gasteiger partial charge is 0.369 e. The zero-order valence-corrected chi connectivity index (χ0v) is 21.9. The van der Waals surface area contributed by atoms with E-state index in [0.717, 1.165) is 26.7 Å². The van der Waals surface area contributed by atoms with Gasteiger partial charge < -0.3 is 8.76 Å². The number of hydrogen-bond acceptors (Lipinski definition) is 2. The lowest BCUT2D eigenvalue weighted by Gasteiger charge is -2.37. The van der Waals surface area contributed by atoms with E-state index in [9.17, 15) is 4.79 Å². The molecule has 0 saturated heterocycles. The van der Waals surface area contributed by atoms with E-state index >= 15 is 0 Å². The fraction of sp³-hybridized carbons (Fsp3) is 0.800. The first-order valence-corrected chi connectivity index (χ1v) is 12.6. The Morgan fingerprint density at radius 3 is 2.43 bits per heavy atom. The number of nitrogens with two attached hydrogens (primary N) is 1. The monoisotopic (exact) mass is 614 g/mol. The van der Waals surface area contributed by atoms with Gasteiger partial charge in [0.1, 0.15) is 0 Å². The molecule has 1 saturated carbocycles. The summed E-state index contributed by atoms with van der Waals surface area (Å²) in [5.74, 6) is 0.327. The lowest BCUT2D eigenvalue weighted by molar-refractivity contribution is -0.126. The van der Waals surface area contributed by atoms with E-state index in [0.29, 0.717) is 6.54 Å². The molecular weight excluding hydrogens is 577 g/mol. The maximum Gasteiger partial charge on any atom is 0.258 e. The van der Waals surface area contributed by atoms with Gasteiger partial charge in [-0.2, -0.15) is 0 Å². The molecule has 3 N–H and O–H groups in total. The molecule has 160 valence electrons. The van der Waals surface area contributed by atoms with Crippen LogP contribution in [0.4, 0.5) is 0 Å². The molecule has 5 nitrogen and oxygen atoms in total. The van der Waals surface area contributed by atoms with Gasteiger partial charge in [0.15, 0.2) is 5.96 Å². The zero-order chi connectivity index (χ0) is 21.0. The zero-order valence-electron chi connectivity index (χ0n) is 17.6. The SMILES string of the molecule is C/C=C/CCC1(BN(I)C(=O)C(C)CCCN(I)C(=N)N)CCCCCCC1. The van der Waals surface area contributed by atoms with Crippen molar-refractivity contribution in [2.75, 3.05) is 6.54 Å². The Kier molecular flexibility index (Phi) is 13.1. The summed E-state index contributed by atoms with van der Waals surface area (Å²) >= 11 is 4.31. The van der Waals surface area contributed by atoms with Crippen LogP contribution in [-0.2, 0) is 4.79 Å². The predicted octanol–water partition coefficient (Wildman–Crippen LogP) is 5.74. The number of allylic oxidation sites excluding steroid dienone is 2. The molecule has 8 heteroatoms. The highest BCUT2D eigenvalue weighted by Crippen LogP contribution is 2.45. The normalized spacial score (nSPS) is 18.1. The van der Waals surface area contributed by atoms with E-state index < -0.39 is 0 Å². The number of nitrogens with one attached hydrogen (secondary N) is 1. The Bertz CT molecular complexity index is 510. The second-order valence-corrected chi connectivity index (χ2v) is 10.6. The van der Waals surface area contributed by atoms with Crippen molar-refractivity contribution in [2.45, 2.75) is 89.8 Å². The average molecular weight is 614 g/mol. The van der Waals surface area contributed by atoms with Gasteiger partial charge in [0.25, 0.3) is 7.41 Å². The summed E-state index contributed by atoms with van der Waals surface area (Å²) < 4.78 is 3.67. The second-order valence-electron chi connectivity index (χ2n) is 8.25. The van der Waals surface area contributed by atoms with Gasteiger partial charge in [-0.3, -0.25) is 13.3 Å². The third kappa shape index (κ3) is 9.67. The van der Waals surface area contributed by atoms with Gasteiger partial charge in [-0.1, -0.05) is 64.0 Å². The van der Waals surface area contributed by atoms with Crippen molar-refractivity contribution >= 4 is 65.0 Å². The van der Waals surface area contributed by atoms with Crippen LogP contribution in [0.5, 0.6) is 0 Å². The van der Waals surface area contributed by atoms with Gasteiger partial charge in [-0.25, -0.2) is 0 Å². The van der Waals surface area contributed by atoms with Crippen LogP contribution in [0.3, 0.4) is 0 Å². The summed E-state index contributed by atoms with van der Waals surface area (Å²) in [5.41, 5.74) is 5.47. The predicted molar refractivity (Wildman–Crippen MR) is 138 cm³/mol. The van der Waals surface area contributed by atoms with Gasteiger partial charge in [-0.15, -0.1) is 0 Å². The molecule has 1 aliphatic rings. The smallest absolute Gasteiger partial charge is 0.258 e. The van der Waals surface area contributed by atoms with E-state index in [1.165, 1.54) is 51.4 Å². The summed E-state index contributed by atoms with van der Waals surface area (Å²) in [6.07, 6.45) is 17.5. The van der Waals surface area contributed by atoms with E-state index in [1.807, 2.05) is 9.95 Å². The van der Waals surface area contributed by atoms with Gasteiger partial charge in [0, 0.05) is 35.3 Å². The highest BCUT2D eigenvalue weighted by atomic mass is 127. The molecule has 0 heterocycles. The Balaban J connectivity index is 2.64. The maximum atomic E-state index is 13.0. The minimum atomic E-state index is 0.00908. The molecule has 0 spiro atoms. The Morgan fingerprint density at radius 2 is 1.86 bits per heavy atom. The van der Waals surface area contributed by atoms with Crippen molar-refractivity contribution in [1.29, 1.82) is 5.41 Å². The topological polar surface area (TPSA) is 73.4 Å². The quantitative estimate of drug-likeness (QED) is 0.0825. The first-order chi connectivity index (χ1) is 13.3. The molecule has 0 aromatic rings. The van der Waals surface area contributed by atoms with Crippen molar-refractivity contribution in [2.24, 2.45) is 11.7 Å². The maximum absolute atomic E-state index is 13.0. The minimum Gasteiger partial charge on any atom is -0.369 e. The highest BCUT2D eigenvalue weighted by Gasteiger charge is 2.35. The van der Waals surface area contributed by atoms with Crippen LogP contribution in [0.1, 0.15) is 84.5 Å². The molecule has 0 aromatic heterocycles. The summed E-state index contributed by atoms with van der Waals surface area (Å²) in [5, 5.41) is 7.69. The summed E-state index contributed by atoms with van der Waals surface area (Å²) in [6, 6.07) is 0. The Hall–Kier alpha value is 0.00494. The lowest BCUT2D eigenvalue weighted by atomic mass is 9.52. The van der Waals surface area contributed by atoms with Gasteiger partial charge in [0.05, 0.1) is 22.9 Å². The standard InChI is InChI=1S/C20H37BI2N4O/c1-3-4-8-13-20(14-9-6-5-7-10-15-20)21-27(23)18(28)17(2)12-11-16-26(22)19(24)25/h3-4,17,21H,5-16H2,1-2H3,(H3,24,25)/b4-3+. The van der Waals surface area contributed by atoms with Gasteiger partial charge in [0.2, 0.25) is 5.91 Å². The molecule has 0 aliphatic heterocycles. The van der Waals surface area contributed by atoms with Crippen LogP contribution in [0.25, 0.3) is 0 Å². The number of halogens is 2. The van der Waals surface area contributed by atoms with Gasteiger partial charge in [-0.05, 0) is 37.9 Å². The number of hydrogen-bond donors (Lipinski definition) is 2. The fourth-order valence-corrected chi connectivity index (χ4v) is 5.63. The van der Waals surface area contributed by atoms with Crippen molar-refractivity contribution in [1.82, 2.24) is 6.14 Å². The minimum absolute atomic E-state index is 0.00908. The molecule has 1 aliphatic carbocycles. The van der Waals surface area contributed by atoms with Crippen molar-refractivity contribution < 1.29 is 4.79 Å². The summed E-state index contributed by atoms with van der Waals surface area (Å²) in [7, 11) is 0.875. The summed E-state index contributed by atoms with van der Waals surface area (Å²) in [4.78, 5) is 13.0. The molecule has 28 heavy (non-hydrogen) atoms. The second kappa shape index (κ2) is 14.1. The Morgan fingerprint density at radius 1 is 1.25 bits per heavy atom. The lowest BCUT2D eigenvalue weighted by Crippen LogP contribution is -2.38. The highest BCUT2D eigenvalue weighted by molar-refractivity contribution is 14.1. The molecule has 0 bridgehead atoms. The molecule has 1 amide bonds. The molecule has 0 aromatic carbocycles. The van der Waals surface area contributed by atoms with Crippen LogP contribution >= 0.6 is 45.7 Å². The van der Waals surface area contributed by atoms with Crippen molar-refractivity contribution in [3.8, 4) is 0 Å². The van der Waals surface area contributed by atoms with Crippen molar-refractivity contribution in [3.63, 3.8) is 0 Å². The molecular formula is C20H37BI2N4O. The number of carbonyl (C=O) groups is 1. The molecule has 1 fully saturated rings. The average Bonchev–Trinajstić information content (AvgIpc) is 2.64. The molecule has 1 unspecified atom stereocenters. The van der Waals surface area contributed by atoms with Gasteiger partial charge >= 0.3 is 0 Å². The van der Waals surface area contributed by atoms with Crippen LogP contribution in [-0.4, -0.2) is 32.0 Å².